The van der Waals surface area contributed by atoms with Crippen LogP contribution in [0.2, 0.25) is 0 Å². The first kappa shape index (κ1) is 14.7. The van der Waals surface area contributed by atoms with Crippen molar-refractivity contribution >= 4 is 11.6 Å². The smallest absolute Gasteiger partial charge is 0.239 e. The number of hydrogen-bond donors (Lipinski definition) is 2. The van der Waals surface area contributed by atoms with E-state index in [4.69, 9.17) is 4.74 Å². The third-order valence-corrected chi connectivity index (χ3v) is 3.84. The van der Waals surface area contributed by atoms with E-state index in [9.17, 15) is 4.79 Å². The minimum absolute atomic E-state index is 0.0760. The van der Waals surface area contributed by atoms with Gasteiger partial charge in [-0.2, -0.15) is 0 Å². The van der Waals surface area contributed by atoms with Crippen LogP contribution in [-0.2, 0) is 4.79 Å². The van der Waals surface area contributed by atoms with Gasteiger partial charge in [-0.1, -0.05) is 19.3 Å². The lowest BCUT2D eigenvalue weighted by molar-refractivity contribution is -0.120. The van der Waals surface area contributed by atoms with Crippen molar-refractivity contribution in [3.63, 3.8) is 0 Å². The summed E-state index contributed by atoms with van der Waals surface area (Å²) in [7, 11) is 1.65. The molecule has 4 heteroatoms. The number of amides is 1. The number of carbonyl (C=O) groups is 1. The summed E-state index contributed by atoms with van der Waals surface area (Å²) in [5.41, 5.74) is 2.06. The molecule has 2 N–H and O–H groups in total. The maximum Gasteiger partial charge on any atom is 0.239 e. The maximum absolute atomic E-state index is 11.9. The highest BCUT2D eigenvalue weighted by Gasteiger charge is 2.15. The Morgan fingerprint density at radius 2 is 2.05 bits per heavy atom. The number of benzene rings is 1. The van der Waals surface area contributed by atoms with Gasteiger partial charge in [0.2, 0.25) is 5.91 Å². The molecule has 0 unspecified atom stereocenters. The first-order valence-electron chi connectivity index (χ1n) is 7.37. The fraction of sp³-hybridized carbons (Fsp3) is 0.562. The topological polar surface area (TPSA) is 50.4 Å². The summed E-state index contributed by atoms with van der Waals surface area (Å²) in [5, 5.41) is 6.29. The number of methoxy groups -OCH3 is 1. The quantitative estimate of drug-likeness (QED) is 0.869. The summed E-state index contributed by atoms with van der Waals surface area (Å²) < 4.78 is 5.17. The van der Waals surface area contributed by atoms with E-state index >= 15 is 0 Å². The largest absolute Gasteiger partial charge is 0.497 e. The molecule has 0 atom stereocenters. The van der Waals surface area contributed by atoms with Crippen LogP contribution in [0.1, 0.15) is 37.7 Å². The molecule has 1 saturated carbocycles. The van der Waals surface area contributed by atoms with E-state index < -0.39 is 0 Å². The predicted molar refractivity (Wildman–Crippen MR) is 81.2 cm³/mol. The molecule has 0 heterocycles. The highest BCUT2D eigenvalue weighted by atomic mass is 16.5. The van der Waals surface area contributed by atoms with Crippen LogP contribution in [0.25, 0.3) is 0 Å². The molecule has 0 radical (unpaired) electrons. The van der Waals surface area contributed by atoms with E-state index in [1.165, 1.54) is 19.3 Å². The van der Waals surface area contributed by atoms with Crippen molar-refractivity contribution in [1.82, 2.24) is 5.32 Å². The van der Waals surface area contributed by atoms with E-state index in [2.05, 4.69) is 10.6 Å². The Labute approximate surface area is 120 Å². The van der Waals surface area contributed by atoms with Crippen LogP contribution in [0.15, 0.2) is 18.2 Å². The molecular weight excluding hydrogens is 252 g/mol. The minimum atomic E-state index is 0.0760. The molecule has 0 aliphatic heterocycles. The molecule has 20 heavy (non-hydrogen) atoms. The molecule has 0 bridgehead atoms. The molecule has 2 rings (SSSR count). The van der Waals surface area contributed by atoms with E-state index in [1.807, 2.05) is 25.1 Å². The van der Waals surface area contributed by atoms with Crippen molar-refractivity contribution < 1.29 is 9.53 Å². The van der Waals surface area contributed by atoms with Crippen molar-refractivity contribution in [3.05, 3.63) is 23.8 Å². The normalized spacial score (nSPS) is 15.7. The van der Waals surface area contributed by atoms with Crippen LogP contribution in [0, 0.1) is 6.92 Å². The van der Waals surface area contributed by atoms with Crippen LogP contribution in [0.3, 0.4) is 0 Å². The van der Waals surface area contributed by atoms with Gasteiger partial charge < -0.3 is 15.4 Å². The summed E-state index contributed by atoms with van der Waals surface area (Å²) >= 11 is 0. The molecule has 1 aliphatic carbocycles. The zero-order valence-electron chi connectivity index (χ0n) is 12.4. The SMILES string of the molecule is COc1ccc(NCC(=O)NC2CCCCC2)c(C)c1. The summed E-state index contributed by atoms with van der Waals surface area (Å²) in [4.78, 5) is 11.9. The van der Waals surface area contributed by atoms with Crippen molar-refractivity contribution in [1.29, 1.82) is 0 Å². The summed E-state index contributed by atoms with van der Waals surface area (Å²) in [6, 6.07) is 6.17. The highest BCUT2D eigenvalue weighted by molar-refractivity contribution is 5.81. The van der Waals surface area contributed by atoms with Gasteiger partial charge in [0.05, 0.1) is 13.7 Å². The predicted octanol–water partition coefficient (Wildman–Crippen LogP) is 2.86. The van der Waals surface area contributed by atoms with Crippen LogP contribution >= 0.6 is 0 Å². The van der Waals surface area contributed by atoms with Gasteiger partial charge in [-0.25, -0.2) is 0 Å². The molecule has 0 aromatic heterocycles. The molecule has 1 aromatic rings. The Morgan fingerprint density at radius 3 is 2.70 bits per heavy atom. The summed E-state index contributed by atoms with van der Waals surface area (Å²) in [5.74, 6) is 0.909. The molecule has 1 fully saturated rings. The molecule has 4 nitrogen and oxygen atoms in total. The second-order valence-electron chi connectivity index (χ2n) is 5.44. The monoisotopic (exact) mass is 276 g/mol. The average molecular weight is 276 g/mol. The Kier molecular flexibility index (Phi) is 5.27. The maximum atomic E-state index is 11.9. The second kappa shape index (κ2) is 7.17. The molecule has 0 spiro atoms. The van der Waals surface area contributed by atoms with Crippen LogP contribution in [0.4, 0.5) is 5.69 Å². The van der Waals surface area contributed by atoms with Gasteiger partial charge in [-0.05, 0) is 43.5 Å². The molecule has 0 saturated heterocycles. The number of aryl methyl sites for hydroxylation is 1. The van der Waals surface area contributed by atoms with Crippen molar-refractivity contribution in [2.75, 3.05) is 19.0 Å². The lowest BCUT2D eigenvalue weighted by Crippen LogP contribution is -2.39. The number of hydrogen-bond acceptors (Lipinski definition) is 3. The lowest BCUT2D eigenvalue weighted by atomic mass is 9.95. The summed E-state index contributed by atoms with van der Waals surface area (Å²) in [6.45, 7) is 2.33. The van der Waals surface area contributed by atoms with Gasteiger partial charge in [0.25, 0.3) is 0 Å². The van der Waals surface area contributed by atoms with Crippen LogP contribution in [0.5, 0.6) is 5.75 Å². The molecular formula is C16H24N2O2. The highest BCUT2D eigenvalue weighted by Crippen LogP contribution is 2.21. The van der Waals surface area contributed by atoms with E-state index in [0.29, 0.717) is 12.6 Å². The molecule has 1 aliphatic rings. The number of ether oxygens (including phenoxy) is 1. The summed E-state index contributed by atoms with van der Waals surface area (Å²) in [6.07, 6.45) is 6.00. The van der Waals surface area contributed by atoms with Gasteiger partial charge in [0, 0.05) is 11.7 Å². The third kappa shape index (κ3) is 4.15. The zero-order chi connectivity index (χ0) is 14.4. The van der Waals surface area contributed by atoms with Gasteiger partial charge >= 0.3 is 0 Å². The van der Waals surface area contributed by atoms with Gasteiger partial charge in [0.1, 0.15) is 5.75 Å². The van der Waals surface area contributed by atoms with Gasteiger partial charge in [-0.15, -0.1) is 0 Å². The van der Waals surface area contributed by atoms with E-state index in [-0.39, 0.29) is 5.91 Å². The lowest BCUT2D eigenvalue weighted by Gasteiger charge is -2.23. The Bertz CT molecular complexity index is 454. The number of anilines is 1. The Balaban J connectivity index is 1.80. The second-order valence-corrected chi connectivity index (χ2v) is 5.44. The van der Waals surface area contributed by atoms with Crippen LogP contribution < -0.4 is 15.4 Å². The fourth-order valence-corrected chi connectivity index (χ4v) is 2.66. The van der Waals surface area contributed by atoms with Crippen molar-refractivity contribution in [2.24, 2.45) is 0 Å². The van der Waals surface area contributed by atoms with Crippen molar-refractivity contribution in [2.45, 2.75) is 45.1 Å². The number of nitrogens with one attached hydrogen (secondary N) is 2. The van der Waals surface area contributed by atoms with E-state index in [1.54, 1.807) is 7.11 Å². The Hall–Kier alpha value is -1.71. The number of rotatable bonds is 5. The van der Waals surface area contributed by atoms with Gasteiger partial charge in [-0.3, -0.25) is 4.79 Å². The van der Waals surface area contributed by atoms with E-state index in [0.717, 1.165) is 29.8 Å². The molecule has 110 valence electrons. The minimum Gasteiger partial charge on any atom is -0.497 e. The first-order chi connectivity index (χ1) is 9.69. The van der Waals surface area contributed by atoms with Crippen LogP contribution in [-0.4, -0.2) is 25.6 Å². The molecule has 1 amide bonds. The van der Waals surface area contributed by atoms with Crippen molar-refractivity contribution in [3.8, 4) is 5.75 Å². The number of carbonyl (C=O) groups excluding carboxylic acids is 1. The molecule has 1 aromatic carbocycles. The standard InChI is InChI=1S/C16H24N2O2/c1-12-10-14(20-2)8-9-15(12)17-11-16(19)18-13-6-4-3-5-7-13/h8-10,13,17H,3-7,11H2,1-2H3,(H,18,19). The first-order valence-corrected chi connectivity index (χ1v) is 7.37. The average Bonchev–Trinajstić information content (AvgIpc) is 2.47. The fourth-order valence-electron chi connectivity index (χ4n) is 2.66. The zero-order valence-corrected chi connectivity index (χ0v) is 12.4. The Morgan fingerprint density at radius 1 is 1.30 bits per heavy atom. The third-order valence-electron chi connectivity index (χ3n) is 3.84. The van der Waals surface area contributed by atoms with Gasteiger partial charge in [0.15, 0.2) is 0 Å².